The fraction of sp³-hybridized carbons (Fsp3) is 0.235. The molecule has 0 saturated heterocycles. The molecule has 2 aromatic carbocycles. The summed E-state index contributed by atoms with van der Waals surface area (Å²) in [6.07, 6.45) is 0.810. The van der Waals surface area contributed by atoms with Crippen LogP contribution in [0.3, 0.4) is 0 Å². The molecule has 124 valence electrons. The Morgan fingerprint density at radius 3 is 2.58 bits per heavy atom. The Morgan fingerprint density at radius 1 is 1.12 bits per heavy atom. The van der Waals surface area contributed by atoms with Crippen LogP contribution in [0.25, 0.3) is 5.69 Å². The second-order valence-electron chi connectivity index (χ2n) is 5.28. The first-order valence-corrected chi connectivity index (χ1v) is 7.97. The van der Waals surface area contributed by atoms with Crippen LogP contribution in [0.15, 0.2) is 47.3 Å². The molecule has 1 aromatic heterocycles. The van der Waals surface area contributed by atoms with Gasteiger partial charge in [-0.2, -0.15) is 9.36 Å². The lowest BCUT2D eigenvalue weighted by Crippen LogP contribution is -2.23. The van der Waals surface area contributed by atoms with Gasteiger partial charge in [-0.1, -0.05) is 42.8 Å². The number of benzene rings is 2. The van der Waals surface area contributed by atoms with Crippen molar-refractivity contribution >= 4 is 11.6 Å². The van der Waals surface area contributed by atoms with Crippen molar-refractivity contribution < 1.29 is 4.74 Å². The number of tetrazole rings is 1. The Hall–Kier alpha value is -2.60. The summed E-state index contributed by atoms with van der Waals surface area (Å²) in [5.74, 6) is 0.600. The summed E-state index contributed by atoms with van der Waals surface area (Å²) < 4.78 is 8.35. The monoisotopic (exact) mass is 344 g/mol. The highest BCUT2D eigenvalue weighted by atomic mass is 35.5. The standard InChI is InChI=1S/C17H17ClN4O2/c1-3-12-7-6-9-15(22-17(23)21(2)19-20-22)13(12)11-24-16-10-5-4-8-14(16)18/h4-10H,3,11H2,1-2H3. The van der Waals surface area contributed by atoms with E-state index in [1.807, 2.05) is 36.4 Å². The fourth-order valence-electron chi connectivity index (χ4n) is 2.49. The Morgan fingerprint density at radius 2 is 1.92 bits per heavy atom. The molecule has 3 rings (SSSR count). The van der Waals surface area contributed by atoms with E-state index in [1.54, 1.807) is 13.1 Å². The number of aromatic nitrogens is 4. The molecule has 0 bridgehead atoms. The summed E-state index contributed by atoms with van der Waals surface area (Å²) in [7, 11) is 1.56. The molecular weight excluding hydrogens is 328 g/mol. The van der Waals surface area contributed by atoms with Gasteiger partial charge in [0, 0.05) is 12.6 Å². The van der Waals surface area contributed by atoms with Gasteiger partial charge in [-0.25, -0.2) is 4.79 Å². The SMILES string of the molecule is CCc1cccc(-n2nnn(C)c2=O)c1COc1ccccc1Cl. The molecule has 0 N–H and O–H groups in total. The Bertz CT molecular complexity index is 917. The molecule has 0 fully saturated rings. The van der Waals surface area contributed by atoms with Gasteiger partial charge in [0.15, 0.2) is 0 Å². The maximum Gasteiger partial charge on any atom is 0.368 e. The van der Waals surface area contributed by atoms with Gasteiger partial charge in [0.25, 0.3) is 0 Å². The zero-order valence-corrected chi connectivity index (χ0v) is 14.2. The van der Waals surface area contributed by atoms with Crippen molar-refractivity contribution in [3.8, 4) is 11.4 Å². The van der Waals surface area contributed by atoms with Gasteiger partial charge in [-0.3, -0.25) is 0 Å². The van der Waals surface area contributed by atoms with E-state index >= 15 is 0 Å². The van der Waals surface area contributed by atoms with E-state index in [1.165, 1.54) is 9.36 Å². The molecule has 0 aliphatic heterocycles. The molecular formula is C17H17ClN4O2. The largest absolute Gasteiger partial charge is 0.487 e. The maximum absolute atomic E-state index is 12.2. The van der Waals surface area contributed by atoms with Crippen molar-refractivity contribution in [1.82, 2.24) is 19.8 Å². The van der Waals surface area contributed by atoms with Crippen LogP contribution in [0, 0.1) is 0 Å². The molecule has 0 unspecified atom stereocenters. The third kappa shape index (κ3) is 3.05. The second-order valence-corrected chi connectivity index (χ2v) is 5.69. The third-order valence-corrected chi connectivity index (χ3v) is 4.10. The lowest BCUT2D eigenvalue weighted by atomic mass is 10.0. The number of halogens is 1. The van der Waals surface area contributed by atoms with E-state index in [9.17, 15) is 4.79 Å². The molecule has 0 atom stereocenters. The molecule has 0 aliphatic carbocycles. The number of para-hydroxylation sites is 1. The van der Waals surface area contributed by atoms with Crippen molar-refractivity contribution in [2.24, 2.45) is 7.05 Å². The molecule has 0 radical (unpaired) electrons. The van der Waals surface area contributed by atoms with Gasteiger partial charge < -0.3 is 4.74 Å². The first-order valence-electron chi connectivity index (χ1n) is 7.59. The van der Waals surface area contributed by atoms with Crippen LogP contribution in [0.1, 0.15) is 18.1 Å². The highest BCUT2D eigenvalue weighted by Crippen LogP contribution is 2.26. The smallest absolute Gasteiger partial charge is 0.368 e. The average Bonchev–Trinajstić information content (AvgIpc) is 2.93. The fourth-order valence-corrected chi connectivity index (χ4v) is 2.68. The normalized spacial score (nSPS) is 10.8. The van der Waals surface area contributed by atoms with Crippen LogP contribution in [0.5, 0.6) is 5.75 Å². The highest BCUT2D eigenvalue weighted by Gasteiger charge is 2.15. The van der Waals surface area contributed by atoms with Crippen molar-refractivity contribution in [2.75, 3.05) is 0 Å². The van der Waals surface area contributed by atoms with Crippen LogP contribution in [0.4, 0.5) is 0 Å². The molecule has 6 nitrogen and oxygen atoms in total. The van der Waals surface area contributed by atoms with E-state index in [0.29, 0.717) is 16.5 Å². The summed E-state index contributed by atoms with van der Waals surface area (Å²) in [5, 5.41) is 8.25. The van der Waals surface area contributed by atoms with Crippen molar-refractivity contribution in [2.45, 2.75) is 20.0 Å². The van der Waals surface area contributed by atoms with Crippen LogP contribution < -0.4 is 10.4 Å². The number of nitrogens with zero attached hydrogens (tertiary/aromatic N) is 4. The summed E-state index contributed by atoms with van der Waals surface area (Å²) in [6, 6.07) is 13.0. The number of hydrogen-bond acceptors (Lipinski definition) is 4. The number of aryl methyl sites for hydroxylation is 2. The Labute approximate surface area is 144 Å². The van der Waals surface area contributed by atoms with E-state index < -0.39 is 0 Å². The van der Waals surface area contributed by atoms with E-state index in [-0.39, 0.29) is 12.3 Å². The van der Waals surface area contributed by atoms with Crippen LogP contribution in [-0.2, 0) is 20.1 Å². The number of rotatable bonds is 5. The molecule has 7 heteroatoms. The summed E-state index contributed by atoms with van der Waals surface area (Å²) in [5.41, 5.74) is 2.33. The van der Waals surface area contributed by atoms with Gasteiger partial charge in [-0.05, 0) is 40.6 Å². The first kappa shape index (κ1) is 16.3. The molecule has 0 aliphatic rings. The summed E-state index contributed by atoms with van der Waals surface area (Å²) in [4.78, 5) is 12.2. The zero-order chi connectivity index (χ0) is 17.1. The van der Waals surface area contributed by atoms with Crippen molar-refractivity contribution in [3.05, 3.63) is 69.1 Å². The maximum atomic E-state index is 12.2. The summed E-state index contributed by atoms with van der Waals surface area (Å²) >= 11 is 6.14. The number of hydrogen-bond donors (Lipinski definition) is 0. The van der Waals surface area contributed by atoms with Gasteiger partial charge in [0.1, 0.15) is 12.4 Å². The Balaban J connectivity index is 2.01. The van der Waals surface area contributed by atoms with E-state index in [4.69, 9.17) is 16.3 Å². The molecule has 0 amide bonds. The first-order chi connectivity index (χ1) is 11.6. The van der Waals surface area contributed by atoms with Crippen LogP contribution in [0.2, 0.25) is 5.02 Å². The minimum atomic E-state index is -0.303. The quantitative estimate of drug-likeness (QED) is 0.714. The van der Waals surface area contributed by atoms with E-state index in [0.717, 1.165) is 17.5 Å². The average molecular weight is 345 g/mol. The predicted octanol–water partition coefficient (Wildman–Crippen LogP) is 2.76. The minimum absolute atomic E-state index is 0.284. The second kappa shape index (κ2) is 6.88. The molecule has 0 saturated carbocycles. The Kier molecular flexibility index (Phi) is 4.66. The molecule has 24 heavy (non-hydrogen) atoms. The lowest BCUT2D eigenvalue weighted by Gasteiger charge is -2.14. The number of ether oxygens (including phenoxy) is 1. The molecule has 0 spiro atoms. The van der Waals surface area contributed by atoms with Crippen LogP contribution >= 0.6 is 11.6 Å². The van der Waals surface area contributed by atoms with Crippen LogP contribution in [-0.4, -0.2) is 19.8 Å². The van der Waals surface area contributed by atoms with Crippen molar-refractivity contribution in [3.63, 3.8) is 0 Å². The van der Waals surface area contributed by atoms with Gasteiger partial charge in [-0.15, -0.1) is 0 Å². The molecule has 1 heterocycles. The molecule has 3 aromatic rings. The van der Waals surface area contributed by atoms with E-state index in [2.05, 4.69) is 17.4 Å². The third-order valence-electron chi connectivity index (χ3n) is 3.79. The lowest BCUT2D eigenvalue weighted by molar-refractivity contribution is 0.304. The topological polar surface area (TPSA) is 61.9 Å². The van der Waals surface area contributed by atoms with Crippen molar-refractivity contribution in [1.29, 1.82) is 0 Å². The zero-order valence-electron chi connectivity index (χ0n) is 13.4. The minimum Gasteiger partial charge on any atom is -0.487 e. The van der Waals surface area contributed by atoms with Gasteiger partial charge in [0.05, 0.1) is 10.7 Å². The summed E-state index contributed by atoms with van der Waals surface area (Å²) in [6.45, 7) is 2.34. The van der Waals surface area contributed by atoms with Gasteiger partial charge in [0.2, 0.25) is 0 Å². The highest BCUT2D eigenvalue weighted by molar-refractivity contribution is 6.32. The predicted molar refractivity (Wildman–Crippen MR) is 91.8 cm³/mol. The van der Waals surface area contributed by atoms with Gasteiger partial charge >= 0.3 is 5.69 Å².